The second-order valence-electron chi connectivity index (χ2n) is 12.9. The number of hydrogen-bond acceptors (Lipinski definition) is 7. The number of phosphoric ester groups is 1. The lowest BCUT2D eigenvalue weighted by atomic mass is 10.1. The van der Waals surface area contributed by atoms with E-state index in [0.29, 0.717) is 24.1 Å². The molecule has 0 radical (unpaired) electrons. The van der Waals surface area contributed by atoms with E-state index < -0.39 is 13.9 Å². The summed E-state index contributed by atoms with van der Waals surface area (Å²) >= 11 is 0. The molecule has 0 saturated carbocycles. The fraction of sp³-hybridized carbons (Fsp3) is 0.711. The van der Waals surface area contributed by atoms with Crippen molar-refractivity contribution >= 4 is 13.8 Å². The molecule has 0 aromatic heterocycles. The number of allylic oxidation sites excluding steroid dienone is 10. The summed E-state index contributed by atoms with van der Waals surface area (Å²) in [4.78, 5) is 24.4. The van der Waals surface area contributed by atoms with E-state index in [1.54, 1.807) is 0 Å². The zero-order valence-electron chi connectivity index (χ0n) is 30.5. The average molecular weight is 682 g/mol. The summed E-state index contributed by atoms with van der Waals surface area (Å²) in [5.41, 5.74) is 0. The van der Waals surface area contributed by atoms with E-state index in [1.807, 2.05) is 21.1 Å². The molecule has 0 aliphatic heterocycles. The molecule has 0 heterocycles. The SMILES string of the molecule is CC/C=C\C/C=C\C/C=C\C/C=C\C/C=C\CCCCCCCCOCC(COP(=O)([O-])OCC[N+](C)(C)C)OC(=O)CCCCC. The van der Waals surface area contributed by atoms with Gasteiger partial charge in [-0.05, 0) is 57.8 Å². The topological polar surface area (TPSA) is 94.1 Å². The van der Waals surface area contributed by atoms with Crippen molar-refractivity contribution < 1.29 is 37.3 Å². The quantitative estimate of drug-likeness (QED) is 0.0230. The fourth-order valence-corrected chi connectivity index (χ4v) is 5.00. The van der Waals surface area contributed by atoms with Crippen LogP contribution in [0.5, 0.6) is 0 Å². The number of rotatable bonds is 32. The molecule has 0 N–H and O–H groups in total. The largest absolute Gasteiger partial charge is 0.756 e. The van der Waals surface area contributed by atoms with Crippen LogP contribution in [-0.4, -0.2) is 70.7 Å². The monoisotopic (exact) mass is 681 g/mol. The van der Waals surface area contributed by atoms with Gasteiger partial charge in [0.1, 0.15) is 19.3 Å². The number of nitrogens with zero attached hydrogens (tertiary/aromatic N) is 1. The maximum Gasteiger partial charge on any atom is 0.306 e. The Balaban J connectivity index is 4.03. The summed E-state index contributed by atoms with van der Waals surface area (Å²) in [7, 11) is 1.33. The summed E-state index contributed by atoms with van der Waals surface area (Å²) in [5.74, 6) is -0.369. The van der Waals surface area contributed by atoms with Crippen LogP contribution in [0, 0.1) is 0 Å². The molecule has 2 atom stereocenters. The van der Waals surface area contributed by atoms with Crippen molar-refractivity contribution in [1.82, 2.24) is 0 Å². The van der Waals surface area contributed by atoms with Crippen LogP contribution < -0.4 is 4.89 Å². The molecule has 0 aromatic carbocycles. The third-order valence-electron chi connectivity index (χ3n) is 7.08. The number of ether oxygens (including phenoxy) is 2. The van der Waals surface area contributed by atoms with E-state index in [0.717, 1.165) is 77.0 Å². The third kappa shape index (κ3) is 35.3. The van der Waals surface area contributed by atoms with Gasteiger partial charge in [0.2, 0.25) is 0 Å². The smallest absolute Gasteiger partial charge is 0.306 e. The third-order valence-corrected chi connectivity index (χ3v) is 8.05. The predicted octanol–water partition coefficient (Wildman–Crippen LogP) is 9.19. The second kappa shape index (κ2) is 31.5. The molecular weight excluding hydrogens is 613 g/mol. The molecule has 0 fully saturated rings. The van der Waals surface area contributed by atoms with Gasteiger partial charge < -0.3 is 27.9 Å². The number of carbonyl (C=O) groups is 1. The van der Waals surface area contributed by atoms with Crippen molar-refractivity contribution in [2.75, 3.05) is 54.1 Å². The molecule has 272 valence electrons. The summed E-state index contributed by atoms with van der Waals surface area (Å²) in [6.07, 6.45) is 37.4. The van der Waals surface area contributed by atoms with Gasteiger partial charge in [-0.3, -0.25) is 9.36 Å². The van der Waals surface area contributed by atoms with E-state index in [-0.39, 0.29) is 25.8 Å². The first-order chi connectivity index (χ1) is 22.6. The minimum Gasteiger partial charge on any atom is -0.756 e. The summed E-state index contributed by atoms with van der Waals surface area (Å²) in [6.45, 7) is 5.05. The van der Waals surface area contributed by atoms with Crippen LogP contribution in [0.2, 0.25) is 0 Å². The summed E-state index contributed by atoms with van der Waals surface area (Å²) in [6, 6.07) is 0. The lowest BCUT2D eigenvalue weighted by molar-refractivity contribution is -0.870. The van der Waals surface area contributed by atoms with Crippen LogP contribution in [0.25, 0.3) is 0 Å². The molecule has 9 heteroatoms. The van der Waals surface area contributed by atoms with E-state index in [1.165, 1.54) is 19.3 Å². The van der Waals surface area contributed by atoms with Gasteiger partial charge in [-0.25, -0.2) is 0 Å². The lowest BCUT2D eigenvalue weighted by Gasteiger charge is -2.28. The Morgan fingerprint density at radius 2 is 1.23 bits per heavy atom. The zero-order chi connectivity index (χ0) is 34.9. The van der Waals surface area contributed by atoms with Gasteiger partial charge in [-0.2, -0.15) is 0 Å². The van der Waals surface area contributed by atoms with Crippen LogP contribution in [0.3, 0.4) is 0 Å². The molecule has 0 aromatic rings. The van der Waals surface area contributed by atoms with Crippen LogP contribution in [0.1, 0.15) is 117 Å². The number of unbranched alkanes of at least 4 members (excludes halogenated alkanes) is 8. The highest BCUT2D eigenvalue weighted by Crippen LogP contribution is 2.38. The van der Waals surface area contributed by atoms with Crippen LogP contribution >= 0.6 is 7.82 Å². The van der Waals surface area contributed by atoms with Gasteiger partial charge in [-0.15, -0.1) is 0 Å². The Hall–Kier alpha value is -1.80. The summed E-state index contributed by atoms with van der Waals surface area (Å²) in [5, 5.41) is 0. The average Bonchev–Trinajstić information content (AvgIpc) is 3.01. The van der Waals surface area contributed by atoms with E-state index in [9.17, 15) is 14.3 Å². The molecule has 0 bridgehead atoms. The Morgan fingerprint density at radius 1 is 0.681 bits per heavy atom. The maximum atomic E-state index is 12.2. The molecular formula is C38H68NO7P. The molecule has 47 heavy (non-hydrogen) atoms. The first-order valence-corrected chi connectivity index (χ1v) is 19.5. The minimum absolute atomic E-state index is 0.0195. The minimum atomic E-state index is -4.50. The standard InChI is InChI=1S/C38H68NO7P/c1-6-8-10-11-12-13-14-15-16-17-18-19-20-21-22-23-24-25-26-27-28-30-33-43-35-37(46-38(40)31-29-9-7-2)36-45-47(41,42)44-34-32-39(3,4)5/h8,10,12-13,15-16,18-19,21-22,37H,6-7,9,11,14,17,20,23-36H2,1-5H3/b10-8-,13-12-,16-15-,19-18-,22-21-. The number of carbonyl (C=O) groups excluding carboxylic acids is 1. The van der Waals surface area contributed by atoms with Gasteiger partial charge >= 0.3 is 5.97 Å². The van der Waals surface area contributed by atoms with Crippen molar-refractivity contribution in [2.45, 2.75) is 123 Å². The Kier molecular flexibility index (Phi) is 30.3. The highest BCUT2D eigenvalue weighted by Gasteiger charge is 2.20. The summed E-state index contributed by atoms with van der Waals surface area (Å²) < 4.78 is 34.0. The van der Waals surface area contributed by atoms with Crippen molar-refractivity contribution in [3.63, 3.8) is 0 Å². The zero-order valence-corrected chi connectivity index (χ0v) is 31.3. The maximum absolute atomic E-state index is 12.2. The van der Waals surface area contributed by atoms with Gasteiger partial charge in [0, 0.05) is 13.0 Å². The van der Waals surface area contributed by atoms with E-state index in [4.69, 9.17) is 18.5 Å². The molecule has 0 rings (SSSR count). The predicted molar refractivity (Wildman–Crippen MR) is 194 cm³/mol. The molecule has 0 saturated heterocycles. The van der Waals surface area contributed by atoms with Gasteiger partial charge in [-0.1, -0.05) is 113 Å². The number of hydrogen-bond donors (Lipinski definition) is 0. The highest BCUT2D eigenvalue weighted by molar-refractivity contribution is 7.45. The first-order valence-electron chi connectivity index (χ1n) is 18.0. The number of phosphoric acid groups is 1. The van der Waals surface area contributed by atoms with Gasteiger partial charge in [0.05, 0.1) is 34.4 Å². The fourth-order valence-electron chi connectivity index (χ4n) is 4.28. The number of esters is 1. The van der Waals surface area contributed by atoms with Gasteiger partial charge in [0.25, 0.3) is 7.82 Å². The molecule has 0 amide bonds. The van der Waals surface area contributed by atoms with Crippen molar-refractivity contribution in [3.8, 4) is 0 Å². The Morgan fingerprint density at radius 3 is 1.81 bits per heavy atom. The molecule has 2 unspecified atom stereocenters. The molecule has 0 aliphatic carbocycles. The Bertz CT molecular complexity index is 937. The van der Waals surface area contributed by atoms with Crippen LogP contribution in [-0.2, 0) is 27.9 Å². The van der Waals surface area contributed by atoms with Crippen LogP contribution in [0.4, 0.5) is 0 Å². The number of quaternary nitrogens is 1. The normalized spacial score (nSPS) is 14.8. The first kappa shape index (κ1) is 45.2. The van der Waals surface area contributed by atoms with E-state index >= 15 is 0 Å². The highest BCUT2D eigenvalue weighted by atomic mass is 31.2. The number of likely N-dealkylation sites (N-methyl/N-ethyl adjacent to an activating group) is 1. The van der Waals surface area contributed by atoms with Crippen molar-refractivity contribution in [3.05, 3.63) is 60.8 Å². The molecule has 0 spiro atoms. The molecule has 8 nitrogen and oxygen atoms in total. The van der Waals surface area contributed by atoms with Crippen molar-refractivity contribution in [2.24, 2.45) is 0 Å². The lowest BCUT2D eigenvalue weighted by Crippen LogP contribution is -2.37. The van der Waals surface area contributed by atoms with Crippen molar-refractivity contribution in [1.29, 1.82) is 0 Å². The van der Waals surface area contributed by atoms with E-state index in [2.05, 4.69) is 74.6 Å². The van der Waals surface area contributed by atoms with Gasteiger partial charge in [0.15, 0.2) is 0 Å². The second-order valence-corrected chi connectivity index (χ2v) is 14.3. The Labute approximate surface area is 288 Å². The van der Waals surface area contributed by atoms with Crippen LogP contribution in [0.15, 0.2) is 60.8 Å². The molecule has 0 aliphatic rings.